The SMILES string of the molecule is NC1(c2ccc(CC(=O)c3cccc(Cl)c3)cc2)CCC1. The molecule has 0 unspecified atom stereocenters. The van der Waals surface area contributed by atoms with E-state index in [1.54, 1.807) is 24.3 Å². The Labute approximate surface area is 129 Å². The molecule has 2 N–H and O–H groups in total. The van der Waals surface area contributed by atoms with E-state index in [1.165, 1.54) is 12.0 Å². The molecule has 0 aromatic heterocycles. The summed E-state index contributed by atoms with van der Waals surface area (Å²) in [4.78, 5) is 12.2. The number of nitrogens with two attached hydrogens (primary N) is 1. The lowest BCUT2D eigenvalue weighted by atomic mass is 9.72. The van der Waals surface area contributed by atoms with E-state index in [0.717, 1.165) is 18.4 Å². The second kappa shape index (κ2) is 5.63. The molecule has 0 atom stereocenters. The van der Waals surface area contributed by atoms with Crippen LogP contribution in [0.3, 0.4) is 0 Å². The summed E-state index contributed by atoms with van der Waals surface area (Å²) in [6.45, 7) is 0. The number of hydrogen-bond donors (Lipinski definition) is 1. The first-order chi connectivity index (χ1) is 10.1. The normalized spacial score (nSPS) is 16.3. The summed E-state index contributed by atoms with van der Waals surface area (Å²) in [5.41, 5.74) is 8.99. The van der Waals surface area contributed by atoms with Gasteiger partial charge in [-0.3, -0.25) is 4.79 Å². The predicted octanol–water partition coefficient (Wildman–Crippen LogP) is 4.10. The van der Waals surface area contributed by atoms with Gasteiger partial charge >= 0.3 is 0 Å². The number of carbonyl (C=O) groups is 1. The lowest BCUT2D eigenvalue weighted by Crippen LogP contribution is -2.43. The molecule has 2 aromatic rings. The van der Waals surface area contributed by atoms with Crippen LogP contribution in [0.25, 0.3) is 0 Å². The summed E-state index contributed by atoms with van der Waals surface area (Å²) in [5.74, 6) is 0.0800. The van der Waals surface area contributed by atoms with Gasteiger partial charge in [-0.25, -0.2) is 0 Å². The van der Waals surface area contributed by atoms with Crippen LogP contribution in [0.1, 0.15) is 40.7 Å². The third kappa shape index (κ3) is 3.02. The standard InChI is InChI=1S/C18H18ClNO/c19-16-4-1-3-14(12-16)17(21)11-13-5-7-15(8-6-13)18(20)9-2-10-18/h1,3-8,12H,2,9-11,20H2. The van der Waals surface area contributed by atoms with Crippen molar-refractivity contribution in [3.8, 4) is 0 Å². The summed E-state index contributed by atoms with van der Waals surface area (Å²) in [5, 5.41) is 0.589. The van der Waals surface area contributed by atoms with Gasteiger partial charge in [-0.15, -0.1) is 0 Å². The molecule has 0 aliphatic heterocycles. The van der Waals surface area contributed by atoms with E-state index in [0.29, 0.717) is 17.0 Å². The lowest BCUT2D eigenvalue weighted by molar-refractivity contribution is 0.0993. The van der Waals surface area contributed by atoms with Crippen molar-refractivity contribution in [2.45, 2.75) is 31.2 Å². The van der Waals surface area contributed by atoms with E-state index >= 15 is 0 Å². The second-order valence-electron chi connectivity index (χ2n) is 5.82. The van der Waals surface area contributed by atoms with Crippen LogP contribution in [0.5, 0.6) is 0 Å². The fourth-order valence-corrected chi connectivity index (χ4v) is 2.94. The third-order valence-electron chi connectivity index (χ3n) is 4.29. The van der Waals surface area contributed by atoms with Crippen molar-refractivity contribution < 1.29 is 4.79 Å². The van der Waals surface area contributed by atoms with Crippen molar-refractivity contribution in [2.24, 2.45) is 5.73 Å². The van der Waals surface area contributed by atoms with Gasteiger partial charge in [-0.05, 0) is 42.5 Å². The number of halogens is 1. The molecule has 0 bridgehead atoms. The van der Waals surface area contributed by atoms with Crippen molar-refractivity contribution in [3.63, 3.8) is 0 Å². The van der Waals surface area contributed by atoms with Crippen LogP contribution in [-0.4, -0.2) is 5.78 Å². The Balaban J connectivity index is 1.72. The second-order valence-corrected chi connectivity index (χ2v) is 6.25. The highest BCUT2D eigenvalue weighted by atomic mass is 35.5. The first kappa shape index (κ1) is 14.3. The Morgan fingerprint density at radius 3 is 2.43 bits per heavy atom. The molecule has 1 aliphatic rings. The Morgan fingerprint density at radius 2 is 1.86 bits per heavy atom. The Morgan fingerprint density at radius 1 is 1.14 bits per heavy atom. The maximum atomic E-state index is 12.2. The van der Waals surface area contributed by atoms with Gasteiger partial charge in [-0.1, -0.05) is 48.0 Å². The predicted molar refractivity (Wildman–Crippen MR) is 85.6 cm³/mol. The van der Waals surface area contributed by atoms with Crippen molar-refractivity contribution in [1.82, 2.24) is 0 Å². The quantitative estimate of drug-likeness (QED) is 0.864. The van der Waals surface area contributed by atoms with Crippen LogP contribution in [0, 0.1) is 0 Å². The number of carbonyl (C=O) groups excluding carboxylic acids is 1. The highest BCUT2D eigenvalue weighted by Gasteiger charge is 2.33. The number of benzene rings is 2. The number of rotatable bonds is 4. The number of Topliss-reactive ketones (excluding diaryl/α,β-unsaturated/α-hetero) is 1. The van der Waals surface area contributed by atoms with Gasteiger partial charge in [0.1, 0.15) is 0 Å². The zero-order chi connectivity index (χ0) is 14.9. The van der Waals surface area contributed by atoms with E-state index in [-0.39, 0.29) is 11.3 Å². The highest BCUT2D eigenvalue weighted by Crippen LogP contribution is 2.38. The van der Waals surface area contributed by atoms with Gasteiger partial charge in [0.25, 0.3) is 0 Å². The minimum Gasteiger partial charge on any atom is -0.321 e. The monoisotopic (exact) mass is 299 g/mol. The molecule has 2 aromatic carbocycles. The van der Waals surface area contributed by atoms with E-state index in [9.17, 15) is 4.79 Å². The van der Waals surface area contributed by atoms with E-state index in [2.05, 4.69) is 12.1 Å². The molecule has 0 spiro atoms. The first-order valence-electron chi connectivity index (χ1n) is 7.24. The lowest BCUT2D eigenvalue weighted by Gasteiger charge is -2.38. The zero-order valence-electron chi connectivity index (χ0n) is 11.8. The van der Waals surface area contributed by atoms with Gasteiger partial charge in [0.05, 0.1) is 0 Å². The molecule has 0 radical (unpaired) electrons. The van der Waals surface area contributed by atoms with Crippen molar-refractivity contribution in [2.75, 3.05) is 0 Å². The summed E-state index contributed by atoms with van der Waals surface area (Å²) >= 11 is 5.92. The first-order valence-corrected chi connectivity index (χ1v) is 7.62. The van der Waals surface area contributed by atoms with Crippen molar-refractivity contribution >= 4 is 17.4 Å². The van der Waals surface area contributed by atoms with Crippen LogP contribution < -0.4 is 5.73 Å². The summed E-state index contributed by atoms with van der Waals surface area (Å²) in [6.07, 6.45) is 3.69. The Bertz CT molecular complexity index is 659. The minimum atomic E-state index is -0.143. The van der Waals surface area contributed by atoms with E-state index in [1.807, 2.05) is 12.1 Å². The molecular formula is C18H18ClNO. The largest absolute Gasteiger partial charge is 0.321 e. The van der Waals surface area contributed by atoms with Gasteiger partial charge in [-0.2, -0.15) is 0 Å². The molecule has 1 saturated carbocycles. The average Bonchev–Trinajstić information content (AvgIpc) is 2.45. The minimum absolute atomic E-state index is 0.0800. The Kier molecular flexibility index (Phi) is 3.83. The fraction of sp³-hybridized carbons (Fsp3) is 0.278. The zero-order valence-corrected chi connectivity index (χ0v) is 12.6. The number of ketones is 1. The number of hydrogen-bond acceptors (Lipinski definition) is 2. The highest BCUT2D eigenvalue weighted by molar-refractivity contribution is 6.31. The van der Waals surface area contributed by atoms with Gasteiger partial charge in [0.15, 0.2) is 5.78 Å². The summed E-state index contributed by atoms with van der Waals surface area (Å²) in [7, 11) is 0. The van der Waals surface area contributed by atoms with Gasteiger partial charge < -0.3 is 5.73 Å². The van der Waals surface area contributed by atoms with E-state index < -0.39 is 0 Å². The molecule has 0 amide bonds. The Hall–Kier alpha value is -1.64. The molecule has 3 rings (SSSR count). The summed E-state index contributed by atoms with van der Waals surface area (Å²) in [6, 6.07) is 15.2. The van der Waals surface area contributed by atoms with Crippen molar-refractivity contribution in [3.05, 3.63) is 70.2 Å². The van der Waals surface area contributed by atoms with E-state index in [4.69, 9.17) is 17.3 Å². The molecule has 3 heteroatoms. The van der Waals surface area contributed by atoms with Gasteiger partial charge in [0.2, 0.25) is 0 Å². The smallest absolute Gasteiger partial charge is 0.167 e. The average molecular weight is 300 g/mol. The molecule has 2 nitrogen and oxygen atoms in total. The molecular weight excluding hydrogens is 282 g/mol. The maximum Gasteiger partial charge on any atom is 0.167 e. The van der Waals surface area contributed by atoms with Crippen LogP contribution in [0.4, 0.5) is 0 Å². The van der Waals surface area contributed by atoms with Crippen LogP contribution in [0.2, 0.25) is 5.02 Å². The molecule has 1 aliphatic carbocycles. The molecule has 108 valence electrons. The fourth-order valence-electron chi connectivity index (χ4n) is 2.75. The summed E-state index contributed by atoms with van der Waals surface area (Å²) < 4.78 is 0. The van der Waals surface area contributed by atoms with Crippen LogP contribution in [0.15, 0.2) is 48.5 Å². The molecule has 0 saturated heterocycles. The maximum absolute atomic E-state index is 12.2. The molecule has 21 heavy (non-hydrogen) atoms. The van der Waals surface area contributed by atoms with Crippen LogP contribution >= 0.6 is 11.6 Å². The van der Waals surface area contributed by atoms with Crippen molar-refractivity contribution in [1.29, 1.82) is 0 Å². The molecule has 0 heterocycles. The van der Waals surface area contributed by atoms with Gasteiger partial charge in [0, 0.05) is 22.5 Å². The topological polar surface area (TPSA) is 43.1 Å². The van der Waals surface area contributed by atoms with Crippen LogP contribution in [-0.2, 0) is 12.0 Å². The molecule has 1 fully saturated rings. The third-order valence-corrected chi connectivity index (χ3v) is 4.52.